The quantitative estimate of drug-likeness (QED) is 0.359. The Kier molecular flexibility index (Phi) is 11.6. The van der Waals surface area contributed by atoms with Crippen molar-refractivity contribution in [2.45, 2.75) is 31.6 Å². The number of hydrogen-bond donors (Lipinski definition) is 0. The number of aryl methyl sites for hydroxylation is 2. The van der Waals surface area contributed by atoms with Gasteiger partial charge in [0.05, 0.1) is 18.6 Å². The Morgan fingerprint density at radius 1 is 0.923 bits per heavy atom. The molecule has 2 saturated heterocycles. The van der Waals surface area contributed by atoms with Crippen molar-refractivity contribution in [3.05, 3.63) is 23.3 Å². The molecular weight excluding hydrogens is 522 g/mol. The van der Waals surface area contributed by atoms with Gasteiger partial charge >= 0.3 is 0 Å². The number of piperazine rings is 1. The van der Waals surface area contributed by atoms with Gasteiger partial charge < -0.3 is 24.2 Å². The first-order valence-corrected chi connectivity index (χ1v) is 15.1. The van der Waals surface area contributed by atoms with Crippen LogP contribution >= 0.6 is 0 Å². The summed E-state index contributed by atoms with van der Waals surface area (Å²) in [5, 5.41) is 0. The van der Waals surface area contributed by atoms with Crippen molar-refractivity contribution in [3.8, 4) is 5.75 Å². The molecule has 0 atom stereocenters. The van der Waals surface area contributed by atoms with E-state index in [2.05, 4.69) is 16.8 Å². The molecule has 3 rings (SSSR count). The van der Waals surface area contributed by atoms with Crippen LogP contribution in [0.15, 0.2) is 17.0 Å². The highest BCUT2D eigenvalue weighted by Crippen LogP contribution is 2.27. The third-order valence-corrected chi connectivity index (χ3v) is 9.72. The van der Waals surface area contributed by atoms with Gasteiger partial charge in [0.1, 0.15) is 12.4 Å². The maximum Gasteiger partial charge on any atom is 0.248 e. The minimum atomic E-state index is -3.71. The molecule has 220 valence electrons. The number of sulfonamides is 1. The van der Waals surface area contributed by atoms with E-state index in [1.54, 1.807) is 38.0 Å². The molecule has 0 aliphatic carbocycles. The van der Waals surface area contributed by atoms with Gasteiger partial charge in [-0.25, -0.2) is 8.42 Å². The Labute approximate surface area is 233 Å². The second-order valence-corrected chi connectivity index (χ2v) is 12.5. The minimum Gasteiger partial charge on any atom is -0.497 e. The van der Waals surface area contributed by atoms with Gasteiger partial charge in [-0.15, -0.1) is 0 Å². The predicted molar refractivity (Wildman–Crippen MR) is 149 cm³/mol. The lowest BCUT2D eigenvalue weighted by atomic mass is 10.1. The van der Waals surface area contributed by atoms with E-state index in [0.29, 0.717) is 42.9 Å². The first-order valence-electron chi connectivity index (χ1n) is 13.7. The molecule has 0 spiro atoms. The number of hydrogen-bond acceptors (Lipinski definition) is 8. The fraction of sp³-hybridized carbons (Fsp3) is 0.704. The van der Waals surface area contributed by atoms with E-state index in [0.717, 1.165) is 45.7 Å². The fourth-order valence-electron chi connectivity index (χ4n) is 5.08. The number of ether oxygens (including phenoxy) is 2. The molecular formula is C27H45N5O6S. The van der Waals surface area contributed by atoms with E-state index >= 15 is 0 Å². The molecule has 2 heterocycles. The molecule has 11 nitrogen and oxygen atoms in total. The van der Waals surface area contributed by atoms with E-state index < -0.39 is 10.0 Å². The number of amides is 2. The van der Waals surface area contributed by atoms with Crippen LogP contribution in [0.2, 0.25) is 0 Å². The summed E-state index contributed by atoms with van der Waals surface area (Å²) in [7, 11) is 1.44. The number of benzene rings is 1. The highest BCUT2D eigenvalue weighted by atomic mass is 32.2. The summed E-state index contributed by atoms with van der Waals surface area (Å²) in [6.45, 7) is 10.6. The van der Waals surface area contributed by atoms with E-state index in [4.69, 9.17) is 9.47 Å². The van der Waals surface area contributed by atoms with Crippen molar-refractivity contribution in [1.29, 1.82) is 0 Å². The van der Waals surface area contributed by atoms with Gasteiger partial charge in [0.2, 0.25) is 21.8 Å². The Bertz CT molecular complexity index is 1070. The number of methoxy groups -OCH3 is 1. The lowest BCUT2D eigenvalue weighted by Gasteiger charge is -2.35. The van der Waals surface area contributed by atoms with Gasteiger partial charge in [-0.2, -0.15) is 4.31 Å². The summed E-state index contributed by atoms with van der Waals surface area (Å²) >= 11 is 0. The molecule has 0 radical (unpaired) electrons. The van der Waals surface area contributed by atoms with Gasteiger partial charge in [-0.1, -0.05) is 0 Å². The number of nitrogens with zero attached hydrogens (tertiary/aromatic N) is 5. The SMILES string of the molecule is COc1cc(C)c(S(=O)(=O)N(C)CCOCC(=O)N2CCN(CCC(=O)N3CCCN(C)CC3)CC2)c(C)c1. The van der Waals surface area contributed by atoms with Gasteiger partial charge in [0, 0.05) is 72.4 Å². The second-order valence-electron chi connectivity index (χ2n) is 10.5. The van der Waals surface area contributed by atoms with Crippen molar-refractivity contribution in [3.63, 3.8) is 0 Å². The maximum absolute atomic E-state index is 13.1. The summed E-state index contributed by atoms with van der Waals surface area (Å²) in [6, 6.07) is 3.41. The summed E-state index contributed by atoms with van der Waals surface area (Å²) in [5.41, 5.74) is 1.24. The Morgan fingerprint density at radius 3 is 2.18 bits per heavy atom. The molecule has 2 aliphatic heterocycles. The number of carbonyl (C=O) groups is 2. The third kappa shape index (κ3) is 8.62. The molecule has 2 aliphatic rings. The predicted octanol–water partition coefficient (Wildman–Crippen LogP) is 0.648. The summed E-state index contributed by atoms with van der Waals surface area (Å²) in [6.07, 6.45) is 1.52. The largest absolute Gasteiger partial charge is 0.497 e. The van der Waals surface area contributed by atoms with Crippen LogP contribution in [-0.4, -0.2) is 144 Å². The molecule has 0 aromatic heterocycles. The smallest absolute Gasteiger partial charge is 0.248 e. The van der Waals surface area contributed by atoms with Crippen LogP contribution in [0.3, 0.4) is 0 Å². The Morgan fingerprint density at radius 2 is 1.54 bits per heavy atom. The van der Waals surface area contributed by atoms with Gasteiger partial charge in [0.15, 0.2) is 0 Å². The normalized spacial score (nSPS) is 17.9. The van der Waals surface area contributed by atoms with E-state index in [1.807, 2.05) is 4.90 Å². The zero-order chi connectivity index (χ0) is 28.6. The van der Waals surface area contributed by atoms with Crippen molar-refractivity contribution >= 4 is 21.8 Å². The number of rotatable bonds is 11. The maximum atomic E-state index is 13.1. The van der Waals surface area contributed by atoms with E-state index in [9.17, 15) is 18.0 Å². The molecule has 2 fully saturated rings. The van der Waals surface area contributed by atoms with E-state index in [1.165, 1.54) is 11.4 Å². The Balaban J connectivity index is 1.35. The van der Waals surface area contributed by atoms with Crippen molar-refractivity contribution in [2.75, 3.05) is 99.9 Å². The van der Waals surface area contributed by atoms with Crippen LogP contribution in [0.1, 0.15) is 24.0 Å². The van der Waals surface area contributed by atoms with Crippen LogP contribution in [0.5, 0.6) is 5.75 Å². The molecule has 1 aromatic carbocycles. The molecule has 0 bridgehead atoms. The first kappa shape index (κ1) is 31.3. The molecule has 39 heavy (non-hydrogen) atoms. The molecule has 1 aromatic rings. The highest BCUT2D eigenvalue weighted by Gasteiger charge is 2.26. The Hall–Kier alpha value is -2.25. The number of likely N-dealkylation sites (N-methyl/N-ethyl adjacent to an activating group) is 2. The van der Waals surface area contributed by atoms with E-state index in [-0.39, 0.29) is 36.5 Å². The van der Waals surface area contributed by atoms with Gasteiger partial charge in [-0.05, 0) is 57.1 Å². The fourth-order valence-corrected chi connectivity index (χ4v) is 6.64. The summed E-state index contributed by atoms with van der Waals surface area (Å²) in [4.78, 5) is 33.7. The van der Waals surface area contributed by atoms with Crippen LogP contribution in [0.4, 0.5) is 0 Å². The first-order chi connectivity index (χ1) is 18.5. The van der Waals surface area contributed by atoms with Crippen LogP contribution in [-0.2, 0) is 24.3 Å². The van der Waals surface area contributed by atoms with Crippen molar-refractivity contribution in [1.82, 2.24) is 23.9 Å². The lowest BCUT2D eigenvalue weighted by molar-refractivity contribution is -0.138. The topological polar surface area (TPSA) is 103 Å². The second kappa shape index (κ2) is 14.4. The average Bonchev–Trinajstić information content (AvgIpc) is 3.13. The zero-order valence-corrected chi connectivity index (χ0v) is 25.0. The zero-order valence-electron chi connectivity index (χ0n) is 24.1. The molecule has 0 unspecified atom stereocenters. The molecule has 2 amide bonds. The van der Waals surface area contributed by atoms with Crippen molar-refractivity contribution < 1.29 is 27.5 Å². The standard InChI is InChI=1S/C27H45N5O6S/c1-22-19-24(37-5)20-23(2)27(22)39(35,36)29(4)17-18-38-21-26(34)32-15-12-30(13-16-32)10-7-25(33)31-9-6-8-28(3)11-14-31/h19-20H,6-18,21H2,1-5H3. The van der Waals surface area contributed by atoms with Crippen LogP contribution < -0.4 is 4.74 Å². The van der Waals surface area contributed by atoms with Gasteiger partial charge in [-0.3, -0.25) is 14.5 Å². The monoisotopic (exact) mass is 567 g/mol. The molecule has 0 saturated carbocycles. The number of carbonyl (C=O) groups excluding carboxylic acids is 2. The molecule has 12 heteroatoms. The average molecular weight is 568 g/mol. The van der Waals surface area contributed by atoms with Gasteiger partial charge in [0.25, 0.3) is 0 Å². The minimum absolute atomic E-state index is 0.0869. The van der Waals surface area contributed by atoms with Crippen LogP contribution in [0.25, 0.3) is 0 Å². The molecule has 0 N–H and O–H groups in total. The summed E-state index contributed by atoms with van der Waals surface area (Å²) in [5.74, 6) is 0.720. The van der Waals surface area contributed by atoms with Crippen LogP contribution in [0, 0.1) is 13.8 Å². The van der Waals surface area contributed by atoms with Crippen molar-refractivity contribution in [2.24, 2.45) is 0 Å². The third-order valence-electron chi connectivity index (χ3n) is 7.55. The lowest BCUT2D eigenvalue weighted by Crippen LogP contribution is -2.50. The highest BCUT2D eigenvalue weighted by molar-refractivity contribution is 7.89. The summed E-state index contributed by atoms with van der Waals surface area (Å²) < 4.78 is 38.3.